The lowest BCUT2D eigenvalue weighted by atomic mass is 9.75. The van der Waals surface area contributed by atoms with Gasteiger partial charge in [0.05, 0.1) is 11.4 Å². The summed E-state index contributed by atoms with van der Waals surface area (Å²) in [7, 11) is 1.47. The molecule has 152 valence electrons. The number of rotatable bonds is 3. The highest BCUT2D eigenvalue weighted by molar-refractivity contribution is 7.81. The molecule has 1 saturated carbocycles. The van der Waals surface area contributed by atoms with E-state index in [2.05, 4.69) is 15.1 Å². The van der Waals surface area contributed by atoms with Gasteiger partial charge in [-0.05, 0) is 68.2 Å². The predicted octanol–water partition coefficient (Wildman–Crippen LogP) is 3.50. The van der Waals surface area contributed by atoms with E-state index < -0.39 is 17.3 Å². The summed E-state index contributed by atoms with van der Waals surface area (Å²) >= 11 is 5.62. The van der Waals surface area contributed by atoms with Gasteiger partial charge in [0.1, 0.15) is 17.6 Å². The second-order valence-corrected chi connectivity index (χ2v) is 7.70. The number of carbonyl (C=O) groups is 2. The number of hydrogen-bond donors (Lipinski definition) is 1. The highest BCUT2D eigenvalue weighted by Gasteiger charge is 2.60. The molecule has 0 bridgehead atoms. The van der Waals surface area contributed by atoms with E-state index in [4.69, 9.17) is 18.8 Å². The van der Waals surface area contributed by atoms with Crippen LogP contribution in [0.25, 0.3) is 4.85 Å². The van der Waals surface area contributed by atoms with Crippen molar-refractivity contribution in [2.75, 3.05) is 16.8 Å². The van der Waals surface area contributed by atoms with Gasteiger partial charge in [-0.25, -0.2) is 4.39 Å². The predicted molar refractivity (Wildman–Crippen MR) is 114 cm³/mol. The van der Waals surface area contributed by atoms with Gasteiger partial charge in [0.25, 0.3) is 17.6 Å². The van der Waals surface area contributed by atoms with Crippen LogP contribution < -0.4 is 15.1 Å². The average Bonchev–Trinajstić information content (AvgIpc) is 2.94. The van der Waals surface area contributed by atoms with Crippen LogP contribution in [0.3, 0.4) is 0 Å². The number of amides is 2. The molecule has 1 aromatic carbocycles. The zero-order valence-electron chi connectivity index (χ0n) is 16.4. The van der Waals surface area contributed by atoms with Gasteiger partial charge >= 0.3 is 0 Å². The SMILES string of the molecule is [C-]#[N+]c1ncc(N2C(=O)C3(CCC3)N(c3ccc(C(=O)NC)cc3F)C2=S)cc1C. The first-order valence-electron chi connectivity index (χ1n) is 9.38. The summed E-state index contributed by atoms with van der Waals surface area (Å²) in [5.41, 5.74) is 0.472. The van der Waals surface area contributed by atoms with E-state index in [1.165, 1.54) is 30.3 Å². The maximum absolute atomic E-state index is 15.0. The van der Waals surface area contributed by atoms with E-state index in [0.29, 0.717) is 24.1 Å². The molecule has 2 fully saturated rings. The van der Waals surface area contributed by atoms with Gasteiger partial charge in [0, 0.05) is 12.6 Å². The normalized spacial score (nSPS) is 17.1. The third-order valence-corrected chi connectivity index (χ3v) is 6.04. The average molecular weight is 423 g/mol. The van der Waals surface area contributed by atoms with Crippen LogP contribution >= 0.6 is 12.2 Å². The Morgan fingerprint density at radius 1 is 1.37 bits per heavy atom. The first-order valence-corrected chi connectivity index (χ1v) is 9.79. The number of carbonyl (C=O) groups excluding carboxylic acids is 2. The molecular formula is C21H18FN5O2S. The van der Waals surface area contributed by atoms with E-state index in [1.54, 1.807) is 17.9 Å². The van der Waals surface area contributed by atoms with Crippen molar-refractivity contribution in [3.05, 3.63) is 58.8 Å². The Hall–Kier alpha value is -3.38. The van der Waals surface area contributed by atoms with Gasteiger partial charge in [0.15, 0.2) is 5.11 Å². The lowest BCUT2D eigenvalue weighted by molar-refractivity contribution is -0.123. The van der Waals surface area contributed by atoms with Crippen LogP contribution in [-0.4, -0.2) is 34.5 Å². The van der Waals surface area contributed by atoms with Crippen molar-refractivity contribution in [3.8, 4) is 0 Å². The van der Waals surface area contributed by atoms with E-state index in [1.807, 2.05) is 0 Å². The Balaban J connectivity index is 1.79. The number of hydrogen-bond acceptors (Lipinski definition) is 4. The number of nitrogens with zero attached hydrogens (tertiary/aromatic N) is 4. The largest absolute Gasteiger partial charge is 0.360 e. The molecule has 0 radical (unpaired) electrons. The molecule has 2 aromatic rings. The Morgan fingerprint density at radius 2 is 2.10 bits per heavy atom. The van der Waals surface area contributed by atoms with Gasteiger partial charge in [-0.2, -0.15) is 0 Å². The minimum atomic E-state index is -0.946. The maximum atomic E-state index is 15.0. The molecule has 9 heteroatoms. The van der Waals surface area contributed by atoms with E-state index in [0.717, 1.165) is 12.5 Å². The summed E-state index contributed by atoms with van der Waals surface area (Å²) in [6.07, 6.45) is 3.35. The molecule has 2 amide bonds. The second-order valence-electron chi connectivity index (χ2n) is 7.33. The van der Waals surface area contributed by atoms with Gasteiger partial charge in [-0.1, -0.05) is 6.57 Å². The fraction of sp³-hybridized carbons (Fsp3) is 0.286. The van der Waals surface area contributed by atoms with Crippen LogP contribution in [0.4, 0.5) is 21.6 Å². The second kappa shape index (κ2) is 7.15. The molecule has 1 saturated heterocycles. The summed E-state index contributed by atoms with van der Waals surface area (Å²) in [4.78, 5) is 35.6. The van der Waals surface area contributed by atoms with Crippen molar-refractivity contribution in [1.82, 2.24) is 10.3 Å². The van der Waals surface area contributed by atoms with E-state index >= 15 is 4.39 Å². The number of pyridine rings is 1. The molecule has 0 unspecified atom stereocenters. The first kappa shape index (κ1) is 19.9. The number of benzene rings is 1. The van der Waals surface area contributed by atoms with Crippen LogP contribution in [-0.2, 0) is 4.79 Å². The lowest BCUT2D eigenvalue weighted by Gasteiger charge is -2.43. The van der Waals surface area contributed by atoms with Crippen molar-refractivity contribution in [2.24, 2.45) is 0 Å². The number of anilines is 2. The topological polar surface area (TPSA) is 69.9 Å². The monoisotopic (exact) mass is 423 g/mol. The number of halogens is 1. The summed E-state index contributed by atoms with van der Waals surface area (Å²) in [5.74, 6) is -1.01. The van der Waals surface area contributed by atoms with Gasteiger partial charge in [0.2, 0.25) is 0 Å². The third-order valence-electron chi connectivity index (χ3n) is 5.67. The van der Waals surface area contributed by atoms with Crippen molar-refractivity contribution in [2.45, 2.75) is 31.7 Å². The fourth-order valence-electron chi connectivity index (χ4n) is 3.95. The van der Waals surface area contributed by atoms with Gasteiger partial charge in [-0.15, -0.1) is 4.98 Å². The van der Waals surface area contributed by atoms with Crippen LogP contribution in [0.5, 0.6) is 0 Å². The van der Waals surface area contributed by atoms with E-state index in [-0.39, 0.29) is 28.1 Å². The molecule has 4 rings (SSSR count). The Bertz CT molecular complexity index is 1140. The number of thiocarbonyl (C=S) groups is 1. The highest BCUT2D eigenvalue weighted by Crippen LogP contribution is 2.48. The zero-order valence-corrected chi connectivity index (χ0v) is 17.2. The summed E-state index contributed by atoms with van der Waals surface area (Å²) in [6, 6.07) is 5.82. The molecule has 1 N–H and O–H groups in total. The third kappa shape index (κ3) is 2.75. The van der Waals surface area contributed by atoms with Crippen LogP contribution in [0.1, 0.15) is 35.2 Å². The number of nitrogens with one attached hydrogen (secondary N) is 1. The van der Waals surface area contributed by atoms with Crippen LogP contribution in [0.2, 0.25) is 0 Å². The molecule has 2 aliphatic rings. The minimum absolute atomic E-state index is 0.156. The van der Waals surface area contributed by atoms with Crippen LogP contribution in [0, 0.1) is 19.3 Å². The molecule has 7 nitrogen and oxygen atoms in total. The van der Waals surface area contributed by atoms with Gasteiger partial charge in [-0.3, -0.25) is 14.5 Å². The summed E-state index contributed by atoms with van der Waals surface area (Å²) in [5, 5.41) is 2.62. The van der Waals surface area contributed by atoms with Crippen molar-refractivity contribution < 1.29 is 14.0 Å². The highest BCUT2D eigenvalue weighted by atomic mass is 32.1. The molecule has 1 aliphatic carbocycles. The van der Waals surface area contributed by atoms with Crippen LogP contribution in [0.15, 0.2) is 30.5 Å². The first-order chi connectivity index (χ1) is 14.3. The zero-order chi connectivity index (χ0) is 21.6. The Morgan fingerprint density at radius 3 is 2.63 bits per heavy atom. The number of aryl methyl sites for hydroxylation is 1. The Kier molecular flexibility index (Phi) is 4.74. The summed E-state index contributed by atoms with van der Waals surface area (Å²) in [6.45, 7) is 8.89. The Labute approximate surface area is 178 Å². The molecule has 2 heterocycles. The molecule has 1 aliphatic heterocycles. The van der Waals surface area contributed by atoms with E-state index in [9.17, 15) is 9.59 Å². The molecule has 1 spiro atoms. The number of aromatic nitrogens is 1. The minimum Gasteiger partial charge on any atom is -0.360 e. The standard InChI is InChI=1S/C21H18FN5O2S/c1-12-9-14(11-25-17(12)23-2)26-19(29)21(7-4-8-21)27(20(26)30)16-6-5-13(10-15(16)22)18(28)24-3/h5-6,9-11H,4,7-8H2,1,3H3,(H,24,28). The smallest absolute Gasteiger partial charge is 0.272 e. The van der Waals surface area contributed by atoms with Gasteiger partial charge < -0.3 is 15.1 Å². The maximum Gasteiger partial charge on any atom is 0.272 e. The summed E-state index contributed by atoms with van der Waals surface area (Å²) < 4.78 is 15.0. The van der Waals surface area contributed by atoms with Crippen molar-refractivity contribution in [3.63, 3.8) is 0 Å². The lowest BCUT2D eigenvalue weighted by Crippen LogP contribution is -2.55. The molecule has 0 atom stereocenters. The molecular weight excluding hydrogens is 405 g/mol. The van der Waals surface area contributed by atoms with Crippen molar-refractivity contribution >= 4 is 46.3 Å². The molecule has 30 heavy (non-hydrogen) atoms. The van der Waals surface area contributed by atoms with Crippen molar-refractivity contribution in [1.29, 1.82) is 0 Å². The fourth-order valence-corrected chi connectivity index (χ4v) is 4.41. The quantitative estimate of drug-likeness (QED) is 0.605. The molecule has 1 aromatic heterocycles.